The molecular formula is C29H33FN2O2S. The molecule has 35 heavy (non-hydrogen) atoms. The summed E-state index contributed by atoms with van der Waals surface area (Å²) in [7, 11) is 0. The van der Waals surface area contributed by atoms with Crippen molar-refractivity contribution in [3.63, 3.8) is 0 Å². The van der Waals surface area contributed by atoms with Crippen molar-refractivity contribution < 1.29 is 14.0 Å². The lowest BCUT2D eigenvalue weighted by Gasteiger charge is -2.39. The Kier molecular flexibility index (Phi) is 8.01. The van der Waals surface area contributed by atoms with Gasteiger partial charge >= 0.3 is 0 Å². The van der Waals surface area contributed by atoms with Gasteiger partial charge in [0, 0.05) is 17.5 Å². The zero-order valence-electron chi connectivity index (χ0n) is 20.6. The molecule has 4 rings (SSSR count). The van der Waals surface area contributed by atoms with Crippen LogP contribution in [0.3, 0.4) is 0 Å². The van der Waals surface area contributed by atoms with Gasteiger partial charge in [0.05, 0.1) is 12.0 Å². The van der Waals surface area contributed by atoms with Crippen LogP contribution in [0.4, 0.5) is 4.39 Å². The fourth-order valence-corrected chi connectivity index (χ4v) is 5.84. The van der Waals surface area contributed by atoms with E-state index in [4.69, 9.17) is 0 Å². The molecule has 0 saturated carbocycles. The standard InChI is InChI=1S/C29H33FN2O2S/c1-4-20(3)32(29(34)24(5-2)21-9-7-6-8-10-21)19-27(33)31-17-15-26-25(16-18-35-26)28(31)22-11-13-23(30)14-12-22/h6-14,16,18,20,24,28H,4-5,15,17,19H2,1-3H3. The van der Waals surface area contributed by atoms with Crippen molar-refractivity contribution in [2.75, 3.05) is 13.1 Å². The molecule has 0 spiro atoms. The number of hydrogen-bond donors (Lipinski definition) is 0. The van der Waals surface area contributed by atoms with Crippen molar-refractivity contribution in [3.8, 4) is 0 Å². The number of carbonyl (C=O) groups is 2. The van der Waals surface area contributed by atoms with Gasteiger partial charge in [0.15, 0.2) is 0 Å². The first-order valence-electron chi connectivity index (χ1n) is 12.4. The van der Waals surface area contributed by atoms with Gasteiger partial charge < -0.3 is 9.80 Å². The summed E-state index contributed by atoms with van der Waals surface area (Å²) in [6.07, 6.45) is 2.22. The third kappa shape index (κ3) is 5.32. The van der Waals surface area contributed by atoms with Crippen LogP contribution in [0.1, 0.15) is 67.1 Å². The maximum atomic E-state index is 13.8. The number of nitrogens with zero attached hydrogens (tertiary/aromatic N) is 2. The van der Waals surface area contributed by atoms with E-state index in [1.54, 1.807) is 28.4 Å². The fraction of sp³-hybridized carbons (Fsp3) is 0.379. The largest absolute Gasteiger partial charge is 0.330 e. The van der Waals surface area contributed by atoms with Gasteiger partial charge in [0.25, 0.3) is 0 Å². The lowest BCUT2D eigenvalue weighted by atomic mass is 9.92. The molecule has 0 fully saturated rings. The van der Waals surface area contributed by atoms with Crippen LogP contribution in [0.5, 0.6) is 0 Å². The Hall–Kier alpha value is -2.99. The van der Waals surface area contributed by atoms with Crippen LogP contribution in [0, 0.1) is 5.82 Å². The number of hydrogen-bond acceptors (Lipinski definition) is 3. The first kappa shape index (κ1) is 25.1. The van der Waals surface area contributed by atoms with Crippen LogP contribution >= 0.6 is 11.3 Å². The van der Waals surface area contributed by atoms with Gasteiger partial charge in [-0.15, -0.1) is 11.3 Å². The first-order valence-corrected chi connectivity index (χ1v) is 13.3. The van der Waals surface area contributed by atoms with Crippen LogP contribution in [0.25, 0.3) is 0 Å². The monoisotopic (exact) mass is 492 g/mol. The van der Waals surface area contributed by atoms with E-state index in [1.165, 1.54) is 17.0 Å². The molecule has 2 aromatic carbocycles. The molecule has 0 N–H and O–H groups in total. The summed E-state index contributed by atoms with van der Waals surface area (Å²) >= 11 is 1.70. The van der Waals surface area contributed by atoms with Crippen LogP contribution in [0.15, 0.2) is 66.0 Å². The average molecular weight is 493 g/mol. The minimum absolute atomic E-state index is 0.00651. The summed E-state index contributed by atoms with van der Waals surface area (Å²) in [5, 5.41) is 2.05. The Morgan fingerprint density at radius 1 is 1.06 bits per heavy atom. The van der Waals surface area contributed by atoms with Crippen LogP contribution < -0.4 is 0 Å². The predicted molar refractivity (Wildman–Crippen MR) is 139 cm³/mol. The van der Waals surface area contributed by atoms with Gasteiger partial charge in [-0.05, 0) is 66.5 Å². The van der Waals surface area contributed by atoms with E-state index in [9.17, 15) is 14.0 Å². The second kappa shape index (κ2) is 11.2. The highest BCUT2D eigenvalue weighted by atomic mass is 32.1. The third-order valence-electron chi connectivity index (χ3n) is 7.09. The summed E-state index contributed by atoms with van der Waals surface area (Å²) in [5.74, 6) is -0.663. The van der Waals surface area contributed by atoms with Crippen molar-refractivity contribution in [3.05, 3.63) is 93.4 Å². The van der Waals surface area contributed by atoms with Crippen molar-refractivity contribution in [1.29, 1.82) is 0 Å². The van der Waals surface area contributed by atoms with E-state index in [2.05, 4.69) is 11.4 Å². The number of halogens is 1. The molecule has 3 atom stereocenters. The van der Waals surface area contributed by atoms with Gasteiger partial charge in [-0.25, -0.2) is 4.39 Å². The molecule has 1 aromatic heterocycles. The maximum Gasteiger partial charge on any atom is 0.243 e. The Balaban J connectivity index is 1.62. The molecule has 0 aliphatic carbocycles. The zero-order valence-corrected chi connectivity index (χ0v) is 21.4. The Morgan fingerprint density at radius 3 is 2.43 bits per heavy atom. The number of thiophene rings is 1. The molecule has 3 aromatic rings. The van der Waals surface area contributed by atoms with Crippen molar-refractivity contribution >= 4 is 23.2 Å². The second-order valence-corrected chi connectivity index (χ2v) is 10.2. The Bertz CT molecular complexity index is 1150. The maximum absolute atomic E-state index is 13.8. The minimum Gasteiger partial charge on any atom is -0.330 e. The minimum atomic E-state index is -0.298. The van der Waals surface area contributed by atoms with Crippen LogP contribution in [0.2, 0.25) is 0 Å². The molecule has 2 amide bonds. The van der Waals surface area contributed by atoms with Gasteiger partial charge in [0.2, 0.25) is 11.8 Å². The zero-order chi connectivity index (χ0) is 24.9. The number of fused-ring (bicyclic) bond motifs is 1. The first-order chi connectivity index (χ1) is 16.9. The Labute approximate surface area is 211 Å². The van der Waals surface area contributed by atoms with Crippen LogP contribution in [-0.2, 0) is 16.0 Å². The van der Waals surface area contributed by atoms with Crippen LogP contribution in [-0.4, -0.2) is 40.7 Å². The highest BCUT2D eigenvalue weighted by Gasteiger charge is 2.36. The number of rotatable bonds is 8. The highest BCUT2D eigenvalue weighted by molar-refractivity contribution is 7.10. The summed E-state index contributed by atoms with van der Waals surface area (Å²) in [4.78, 5) is 32.5. The van der Waals surface area contributed by atoms with E-state index in [1.807, 2.05) is 56.0 Å². The van der Waals surface area contributed by atoms with E-state index < -0.39 is 0 Å². The molecule has 6 heteroatoms. The second-order valence-electron chi connectivity index (χ2n) is 9.19. The van der Waals surface area contributed by atoms with Gasteiger partial charge in [-0.2, -0.15) is 0 Å². The normalized spacial score (nSPS) is 16.9. The summed E-state index contributed by atoms with van der Waals surface area (Å²) in [6, 6.07) is 17.9. The smallest absolute Gasteiger partial charge is 0.243 e. The van der Waals surface area contributed by atoms with Crippen molar-refractivity contribution in [2.24, 2.45) is 0 Å². The number of amides is 2. The molecule has 1 aliphatic rings. The fourth-order valence-electron chi connectivity index (χ4n) is 4.94. The molecule has 0 saturated heterocycles. The SMILES string of the molecule is CCC(C(=O)N(CC(=O)N1CCc2sccc2C1c1ccc(F)cc1)C(C)CC)c1ccccc1. The molecule has 4 nitrogen and oxygen atoms in total. The van der Waals surface area contributed by atoms with Gasteiger partial charge in [0.1, 0.15) is 12.4 Å². The quantitative estimate of drug-likeness (QED) is 0.377. The van der Waals surface area contributed by atoms with E-state index in [-0.39, 0.29) is 42.2 Å². The molecule has 1 aliphatic heterocycles. The molecular weight excluding hydrogens is 459 g/mol. The predicted octanol–water partition coefficient (Wildman–Crippen LogP) is 6.18. The number of carbonyl (C=O) groups excluding carboxylic acids is 2. The highest BCUT2D eigenvalue weighted by Crippen LogP contribution is 2.38. The van der Waals surface area contributed by atoms with E-state index in [0.29, 0.717) is 13.0 Å². The van der Waals surface area contributed by atoms with Gasteiger partial charge in [-0.1, -0.05) is 56.3 Å². The van der Waals surface area contributed by atoms with Crippen molar-refractivity contribution in [1.82, 2.24) is 9.80 Å². The Morgan fingerprint density at radius 2 is 1.77 bits per heavy atom. The third-order valence-corrected chi connectivity index (χ3v) is 8.09. The molecule has 2 heterocycles. The summed E-state index contributed by atoms with van der Waals surface area (Å²) in [6.45, 7) is 6.67. The van der Waals surface area contributed by atoms with Crippen molar-refractivity contribution in [2.45, 2.75) is 58.0 Å². The molecule has 0 bridgehead atoms. The van der Waals surface area contributed by atoms with E-state index in [0.717, 1.165) is 29.5 Å². The average Bonchev–Trinajstić information content (AvgIpc) is 3.36. The lowest BCUT2D eigenvalue weighted by Crippen LogP contribution is -2.50. The van der Waals surface area contributed by atoms with E-state index >= 15 is 0 Å². The molecule has 3 unspecified atom stereocenters. The molecule has 0 radical (unpaired) electrons. The van der Waals surface area contributed by atoms with Gasteiger partial charge in [-0.3, -0.25) is 9.59 Å². The molecule has 184 valence electrons. The topological polar surface area (TPSA) is 40.6 Å². The summed E-state index contributed by atoms with van der Waals surface area (Å²) in [5.41, 5.74) is 2.96. The summed E-state index contributed by atoms with van der Waals surface area (Å²) < 4.78 is 13.7. The number of benzene rings is 2. The lowest BCUT2D eigenvalue weighted by molar-refractivity contribution is -0.144.